The Kier molecular flexibility index (Phi) is 7.09. The van der Waals surface area contributed by atoms with Crippen LogP contribution in [-0.2, 0) is 11.0 Å². The van der Waals surface area contributed by atoms with Gasteiger partial charge in [0.2, 0.25) is 5.91 Å². The number of carbonyl (C=O) groups excluding carboxylic acids is 1. The summed E-state index contributed by atoms with van der Waals surface area (Å²) in [6.45, 7) is 5.79. The Hall–Kier alpha value is -2.71. The number of nitrogens with zero attached hydrogens (tertiary/aromatic N) is 2. The highest BCUT2D eigenvalue weighted by molar-refractivity contribution is 6.31. The van der Waals surface area contributed by atoms with Crippen LogP contribution in [0.5, 0.6) is 5.75 Å². The van der Waals surface area contributed by atoms with Crippen LogP contribution in [0.1, 0.15) is 36.0 Å². The zero-order valence-corrected chi connectivity index (χ0v) is 19.8. The number of amides is 1. The number of nitrogens with one attached hydrogen (secondary N) is 1. The maximum Gasteiger partial charge on any atom is 0.417 e. The van der Waals surface area contributed by atoms with Gasteiger partial charge in [0, 0.05) is 55.6 Å². The van der Waals surface area contributed by atoms with Crippen molar-refractivity contribution in [1.82, 2.24) is 14.8 Å². The number of alkyl halides is 3. The molecule has 2 aromatic carbocycles. The number of carbonyl (C=O) groups is 1. The molecule has 1 fully saturated rings. The van der Waals surface area contributed by atoms with Gasteiger partial charge in [-0.3, -0.25) is 4.79 Å². The molecule has 0 bridgehead atoms. The third-order valence-corrected chi connectivity index (χ3v) is 6.88. The molecule has 1 atom stereocenters. The maximum absolute atomic E-state index is 13.6. The lowest BCUT2D eigenvalue weighted by Gasteiger charge is -2.35. The molecule has 5 nitrogen and oxygen atoms in total. The predicted molar refractivity (Wildman–Crippen MR) is 126 cm³/mol. The second-order valence-corrected chi connectivity index (χ2v) is 8.87. The van der Waals surface area contributed by atoms with Crippen molar-refractivity contribution < 1.29 is 22.7 Å². The van der Waals surface area contributed by atoms with E-state index in [1.165, 1.54) is 6.07 Å². The minimum Gasteiger partial charge on any atom is -0.497 e. The first kappa shape index (κ1) is 24.4. The summed E-state index contributed by atoms with van der Waals surface area (Å²) in [6.07, 6.45) is -2.78. The number of aromatic nitrogens is 1. The Bertz CT molecular complexity index is 1170. The van der Waals surface area contributed by atoms with E-state index in [1.54, 1.807) is 30.3 Å². The molecule has 0 saturated carbocycles. The molecule has 1 aliphatic rings. The number of rotatable bonds is 6. The van der Waals surface area contributed by atoms with E-state index in [1.807, 2.05) is 12.1 Å². The van der Waals surface area contributed by atoms with Gasteiger partial charge in [-0.2, -0.15) is 13.2 Å². The maximum atomic E-state index is 13.6. The minimum atomic E-state index is -4.60. The summed E-state index contributed by atoms with van der Waals surface area (Å²) in [5, 5.41) is 0.439. The van der Waals surface area contributed by atoms with E-state index in [0.717, 1.165) is 42.2 Å². The number of ether oxygens (including phenoxy) is 1. The first-order chi connectivity index (χ1) is 16.2. The molecule has 2 heterocycles. The van der Waals surface area contributed by atoms with E-state index in [9.17, 15) is 18.0 Å². The summed E-state index contributed by atoms with van der Waals surface area (Å²) in [7, 11) is 1.55. The molecule has 1 amide bonds. The molecule has 1 aliphatic heterocycles. The summed E-state index contributed by atoms with van der Waals surface area (Å²) < 4.78 is 46.2. The van der Waals surface area contributed by atoms with Gasteiger partial charge < -0.3 is 19.5 Å². The van der Waals surface area contributed by atoms with Crippen molar-refractivity contribution >= 4 is 28.4 Å². The monoisotopic (exact) mass is 493 g/mol. The van der Waals surface area contributed by atoms with Gasteiger partial charge in [0.1, 0.15) is 5.75 Å². The van der Waals surface area contributed by atoms with Crippen molar-refractivity contribution in [2.75, 3.05) is 39.8 Å². The SMILES string of the molecule is CCN1CCN(C(=O)C[C@@H](c2ccc(Cl)c(C(F)(F)F)c2)c2c[nH]c3ccc(OC)cc23)CC1. The minimum absolute atomic E-state index is 0.0508. The van der Waals surface area contributed by atoms with Gasteiger partial charge in [-0.05, 0) is 48.0 Å². The number of H-pyrrole nitrogens is 1. The Balaban J connectivity index is 1.74. The van der Waals surface area contributed by atoms with E-state index in [-0.39, 0.29) is 17.4 Å². The molecule has 0 radical (unpaired) electrons. The van der Waals surface area contributed by atoms with Crippen LogP contribution < -0.4 is 4.74 Å². The highest BCUT2D eigenvalue weighted by Gasteiger charge is 2.35. The Morgan fingerprint density at radius 1 is 1.15 bits per heavy atom. The molecule has 1 saturated heterocycles. The number of fused-ring (bicyclic) bond motifs is 1. The number of methoxy groups -OCH3 is 1. The van der Waals surface area contributed by atoms with Crippen LogP contribution >= 0.6 is 11.6 Å². The number of piperazine rings is 1. The highest BCUT2D eigenvalue weighted by Crippen LogP contribution is 2.40. The van der Waals surface area contributed by atoms with E-state index >= 15 is 0 Å². The molecule has 0 unspecified atom stereocenters. The van der Waals surface area contributed by atoms with Crippen LogP contribution in [0.4, 0.5) is 13.2 Å². The fraction of sp³-hybridized carbons (Fsp3) is 0.400. The highest BCUT2D eigenvalue weighted by atomic mass is 35.5. The number of hydrogen-bond donors (Lipinski definition) is 1. The molecule has 0 spiro atoms. The molecule has 4 rings (SSSR count). The second kappa shape index (κ2) is 9.88. The fourth-order valence-corrected chi connectivity index (χ4v) is 4.76. The van der Waals surface area contributed by atoms with Crippen LogP contribution in [-0.4, -0.2) is 60.5 Å². The summed E-state index contributed by atoms with van der Waals surface area (Å²) in [6, 6.07) is 9.38. The van der Waals surface area contributed by atoms with Gasteiger partial charge in [-0.15, -0.1) is 0 Å². The summed E-state index contributed by atoms with van der Waals surface area (Å²) in [5.74, 6) is -0.0429. The molecule has 34 heavy (non-hydrogen) atoms. The van der Waals surface area contributed by atoms with Crippen LogP contribution in [0.15, 0.2) is 42.6 Å². The molecule has 1 N–H and O–H groups in total. The Labute approximate surface area is 201 Å². The summed E-state index contributed by atoms with van der Waals surface area (Å²) >= 11 is 5.88. The first-order valence-electron chi connectivity index (χ1n) is 11.2. The van der Waals surface area contributed by atoms with Crippen LogP contribution in [0, 0.1) is 0 Å². The molecule has 0 aliphatic carbocycles. The average molecular weight is 494 g/mol. The van der Waals surface area contributed by atoms with Crippen LogP contribution in [0.3, 0.4) is 0 Å². The van der Waals surface area contributed by atoms with Gasteiger partial charge in [0.25, 0.3) is 0 Å². The van der Waals surface area contributed by atoms with E-state index in [2.05, 4.69) is 16.8 Å². The lowest BCUT2D eigenvalue weighted by atomic mass is 9.86. The lowest BCUT2D eigenvalue weighted by molar-refractivity contribution is -0.137. The van der Waals surface area contributed by atoms with Gasteiger partial charge >= 0.3 is 6.18 Å². The average Bonchev–Trinajstić information content (AvgIpc) is 3.25. The van der Waals surface area contributed by atoms with E-state index in [4.69, 9.17) is 16.3 Å². The lowest BCUT2D eigenvalue weighted by Crippen LogP contribution is -2.48. The van der Waals surface area contributed by atoms with Gasteiger partial charge in [0.15, 0.2) is 0 Å². The van der Waals surface area contributed by atoms with E-state index < -0.39 is 17.7 Å². The standard InChI is InChI=1S/C25H27ClF3N3O2/c1-3-31-8-10-32(11-9-31)24(33)14-18(16-4-6-22(26)21(12-16)25(27,28)29)20-15-30-23-7-5-17(34-2)13-19(20)23/h4-7,12-13,15,18,30H,3,8-11,14H2,1-2H3/t18-/m0/s1. The zero-order valence-electron chi connectivity index (χ0n) is 19.1. The Morgan fingerprint density at radius 2 is 1.88 bits per heavy atom. The molecule has 182 valence electrons. The Morgan fingerprint density at radius 3 is 2.53 bits per heavy atom. The number of hydrogen-bond acceptors (Lipinski definition) is 3. The van der Waals surface area contributed by atoms with Crippen molar-refractivity contribution in [3.8, 4) is 5.75 Å². The van der Waals surface area contributed by atoms with Crippen molar-refractivity contribution in [2.45, 2.75) is 25.4 Å². The van der Waals surface area contributed by atoms with Gasteiger partial charge in [-0.25, -0.2) is 0 Å². The molecule has 3 aromatic rings. The van der Waals surface area contributed by atoms with Gasteiger partial charge in [-0.1, -0.05) is 24.6 Å². The number of likely N-dealkylation sites (N-methyl/N-ethyl adjacent to an activating group) is 1. The quantitative estimate of drug-likeness (QED) is 0.491. The number of aromatic amines is 1. The smallest absolute Gasteiger partial charge is 0.417 e. The van der Waals surface area contributed by atoms with Crippen molar-refractivity contribution in [3.05, 3.63) is 64.3 Å². The molecule has 1 aromatic heterocycles. The normalized spacial score (nSPS) is 16.1. The van der Waals surface area contributed by atoms with Crippen molar-refractivity contribution in [2.24, 2.45) is 0 Å². The summed E-state index contributed by atoms with van der Waals surface area (Å²) in [4.78, 5) is 20.5. The van der Waals surface area contributed by atoms with Crippen LogP contribution in [0.25, 0.3) is 10.9 Å². The predicted octanol–water partition coefficient (Wildman–Crippen LogP) is 5.53. The first-order valence-corrected chi connectivity index (χ1v) is 11.6. The molecular formula is C25H27ClF3N3O2. The zero-order chi connectivity index (χ0) is 24.5. The summed E-state index contributed by atoms with van der Waals surface area (Å²) in [5.41, 5.74) is 1.04. The van der Waals surface area contributed by atoms with Crippen LogP contribution in [0.2, 0.25) is 5.02 Å². The largest absolute Gasteiger partial charge is 0.497 e. The molecular weight excluding hydrogens is 467 g/mol. The number of benzene rings is 2. The molecule has 9 heteroatoms. The van der Waals surface area contributed by atoms with Gasteiger partial charge in [0.05, 0.1) is 17.7 Å². The van der Waals surface area contributed by atoms with Crippen molar-refractivity contribution in [3.63, 3.8) is 0 Å². The third-order valence-electron chi connectivity index (χ3n) is 6.55. The number of halogens is 4. The van der Waals surface area contributed by atoms with Crippen molar-refractivity contribution in [1.29, 1.82) is 0 Å². The van der Waals surface area contributed by atoms with E-state index in [0.29, 0.717) is 24.4 Å². The second-order valence-electron chi connectivity index (χ2n) is 8.46. The topological polar surface area (TPSA) is 48.6 Å². The fourth-order valence-electron chi connectivity index (χ4n) is 4.54. The third kappa shape index (κ3) is 5.03.